The number of carbonyl (C=O) groups is 1. The highest BCUT2D eigenvalue weighted by Gasteiger charge is 2.12. The first-order valence-corrected chi connectivity index (χ1v) is 6.76. The summed E-state index contributed by atoms with van der Waals surface area (Å²) in [4.78, 5) is 12.2. The third-order valence-electron chi connectivity index (χ3n) is 3.02. The van der Waals surface area contributed by atoms with E-state index in [1.54, 1.807) is 34.9 Å². The van der Waals surface area contributed by atoms with Gasteiger partial charge in [0.25, 0.3) is 5.91 Å². The number of anilines is 1. The Labute approximate surface area is 131 Å². The van der Waals surface area contributed by atoms with E-state index in [4.69, 9.17) is 11.6 Å². The molecule has 2 N–H and O–H groups in total. The molecule has 0 spiro atoms. The minimum absolute atomic E-state index is 0.0758. The van der Waals surface area contributed by atoms with Crippen molar-refractivity contribution in [2.24, 2.45) is 0 Å². The Bertz CT molecular complexity index is 818. The molecule has 6 nitrogen and oxygen atoms in total. The topological polar surface area (TPSA) is 80.0 Å². The van der Waals surface area contributed by atoms with E-state index in [1.807, 2.05) is 0 Å². The van der Waals surface area contributed by atoms with Crippen LogP contribution < -0.4 is 5.32 Å². The zero-order valence-corrected chi connectivity index (χ0v) is 12.0. The molecule has 110 valence electrons. The summed E-state index contributed by atoms with van der Waals surface area (Å²) in [6.45, 7) is 0. The summed E-state index contributed by atoms with van der Waals surface area (Å²) in [7, 11) is 0. The monoisotopic (exact) mass is 314 g/mol. The van der Waals surface area contributed by atoms with Crippen LogP contribution in [0.3, 0.4) is 0 Å². The van der Waals surface area contributed by atoms with E-state index in [-0.39, 0.29) is 11.7 Å². The van der Waals surface area contributed by atoms with Crippen LogP contribution in [-0.4, -0.2) is 25.8 Å². The average molecular weight is 315 g/mol. The summed E-state index contributed by atoms with van der Waals surface area (Å²) in [5, 5.41) is 19.8. The van der Waals surface area contributed by atoms with Crippen LogP contribution in [-0.2, 0) is 0 Å². The molecular formula is C15H11ClN4O2. The zero-order valence-electron chi connectivity index (χ0n) is 11.3. The van der Waals surface area contributed by atoms with Gasteiger partial charge in [-0.15, -0.1) is 10.2 Å². The summed E-state index contributed by atoms with van der Waals surface area (Å²) < 4.78 is 1.68. The van der Waals surface area contributed by atoms with Gasteiger partial charge in [-0.05, 0) is 30.3 Å². The maximum atomic E-state index is 12.2. The first-order valence-electron chi connectivity index (χ1n) is 6.38. The molecule has 22 heavy (non-hydrogen) atoms. The smallest absolute Gasteiger partial charge is 0.257 e. The van der Waals surface area contributed by atoms with Crippen molar-refractivity contribution in [1.29, 1.82) is 0 Å². The van der Waals surface area contributed by atoms with Crippen molar-refractivity contribution in [3.05, 3.63) is 65.7 Å². The van der Waals surface area contributed by atoms with Gasteiger partial charge >= 0.3 is 0 Å². The van der Waals surface area contributed by atoms with E-state index in [1.165, 1.54) is 24.8 Å². The van der Waals surface area contributed by atoms with Crippen molar-refractivity contribution < 1.29 is 9.90 Å². The summed E-state index contributed by atoms with van der Waals surface area (Å²) in [6.07, 6.45) is 3.08. The Hall–Kier alpha value is -2.86. The second kappa shape index (κ2) is 5.87. The summed E-state index contributed by atoms with van der Waals surface area (Å²) >= 11 is 6.17. The van der Waals surface area contributed by atoms with Crippen LogP contribution in [0.5, 0.6) is 5.75 Å². The van der Waals surface area contributed by atoms with Crippen molar-refractivity contribution in [3.8, 4) is 11.4 Å². The van der Waals surface area contributed by atoms with E-state index in [2.05, 4.69) is 15.5 Å². The number of hydrogen-bond donors (Lipinski definition) is 2. The van der Waals surface area contributed by atoms with Crippen LogP contribution >= 0.6 is 11.6 Å². The molecule has 0 aliphatic carbocycles. The molecule has 7 heteroatoms. The zero-order chi connectivity index (χ0) is 15.5. The van der Waals surface area contributed by atoms with Gasteiger partial charge in [-0.3, -0.25) is 9.36 Å². The largest absolute Gasteiger partial charge is 0.508 e. The third-order valence-corrected chi connectivity index (χ3v) is 3.33. The quantitative estimate of drug-likeness (QED) is 0.779. The maximum Gasteiger partial charge on any atom is 0.257 e. The molecule has 2 aromatic carbocycles. The number of nitrogens with zero attached hydrogens (tertiary/aromatic N) is 3. The summed E-state index contributed by atoms with van der Waals surface area (Å²) in [5.74, 6) is -0.280. The van der Waals surface area contributed by atoms with Gasteiger partial charge in [0.15, 0.2) is 0 Å². The van der Waals surface area contributed by atoms with Crippen molar-refractivity contribution in [1.82, 2.24) is 14.8 Å². The molecule has 0 radical (unpaired) electrons. The fourth-order valence-electron chi connectivity index (χ4n) is 1.96. The number of aromatic nitrogens is 3. The Balaban J connectivity index is 1.84. The van der Waals surface area contributed by atoms with Gasteiger partial charge in [0.05, 0.1) is 10.6 Å². The van der Waals surface area contributed by atoms with Gasteiger partial charge in [-0.25, -0.2) is 0 Å². The Morgan fingerprint density at radius 3 is 2.59 bits per heavy atom. The third kappa shape index (κ3) is 2.91. The van der Waals surface area contributed by atoms with Crippen LogP contribution in [0.15, 0.2) is 55.1 Å². The number of phenols is 1. The molecule has 3 rings (SSSR count). The molecular weight excluding hydrogens is 304 g/mol. The molecule has 1 aromatic heterocycles. The number of hydrogen-bond acceptors (Lipinski definition) is 4. The molecule has 0 saturated carbocycles. The van der Waals surface area contributed by atoms with Crippen LogP contribution in [0.4, 0.5) is 5.69 Å². The standard InChI is InChI=1S/C15H11ClN4O2/c16-14-7-11(20-8-17-18-9-20)4-5-13(14)15(22)19-10-2-1-3-12(21)6-10/h1-9,21H,(H,19,22). The molecule has 0 fully saturated rings. The fraction of sp³-hybridized carbons (Fsp3) is 0. The minimum Gasteiger partial charge on any atom is -0.508 e. The van der Waals surface area contributed by atoms with Crippen molar-refractivity contribution in [2.75, 3.05) is 5.32 Å². The molecule has 0 bridgehead atoms. The normalized spacial score (nSPS) is 10.4. The predicted molar refractivity (Wildman–Crippen MR) is 82.4 cm³/mol. The van der Waals surface area contributed by atoms with Crippen LogP contribution in [0.25, 0.3) is 5.69 Å². The Morgan fingerprint density at radius 1 is 1.14 bits per heavy atom. The lowest BCUT2D eigenvalue weighted by atomic mass is 10.2. The van der Waals surface area contributed by atoms with E-state index in [9.17, 15) is 9.90 Å². The van der Waals surface area contributed by atoms with Gasteiger partial charge in [0, 0.05) is 17.4 Å². The maximum absolute atomic E-state index is 12.2. The SMILES string of the molecule is O=C(Nc1cccc(O)c1)c1ccc(-n2cnnc2)cc1Cl. The molecule has 0 saturated heterocycles. The molecule has 3 aromatic rings. The van der Waals surface area contributed by atoms with Crippen molar-refractivity contribution >= 4 is 23.2 Å². The number of rotatable bonds is 3. The first-order chi connectivity index (χ1) is 10.6. The molecule has 0 atom stereocenters. The minimum atomic E-state index is -0.356. The summed E-state index contributed by atoms with van der Waals surface area (Å²) in [5.41, 5.74) is 1.58. The number of nitrogens with one attached hydrogen (secondary N) is 1. The highest BCUT2D eigenvalue weighted by molar-refractivity contribution is 6.34. The van der Waals surface area contributed by atoms with Crippen LogP contribution in [0.2, 0.25) is 5.02 Å². The van der Waals surface area contributed by atoms with Crippen LogP contribution in [0, 0.1) is 0 Å². The van der Waals surface area contributed by atoms with Gasteiger partial charge in [-0.1, -0.05) is 17.7 Å². The Morgan fingerprint density at radius 2 is 1.91 bits per heavy atom. The second-order valence-corrected chi connectivity index (χ2v) is 4.94. The Kier molecular flexibility index (Phi) is 3.76. The van der Waals surface area contributed by atoms with Gasteiger partial charge in [0.2, 0.25) is 0 Å². The lowest BCUT2D eigenvalue weighted by molar-refractivity contribution is 0.102. The van der Waals surface area contributed by atoms with Crippen LogP contribution in [0.1, 0.15) is 10.4 Å². The first kappa shape index (κ1) is 14.1. The number of aromatic hydroxyl groups is 1. The lowest BCUT2D eigenvalue weighted by Gasteiger charge is -2.09. The number of benzene rings is 2. The second-order valence-electron chi connectivity index (χ2n) is 4.54. The van der Waals surface area contributed by atoms with E-state index < -0.39 is 0 Å². The molecule has 0 unspecified atom stereocenters. The highest BCUT2D eigenvalue weighted by atomic mass is 35.5. The van der Waals surface area contributed by atoms with E-state index in [0.29, 0.717) is 16.3 Å². The van der Waals surface area contributed by atoms with Gasteiger partial charge in [-0.2, -0.15) is 0 Å². The molecule has 1 amide bonds. The van der Waals surface area contributed by atoms with Crippen molar-refractivity contribution in [3.63, 3.8) is 0 Å². The number of amides is 1. The average Bonchev–Trinajstić information content (AvgIpc) is 3.01. The predicted octanol–water partition coefficient (Wildman–Crippen LogP) is 2.88. The fourth-order valence-corrected chi connectivity index (χ4v) is 2.23. The van der Waals surface area contributed by atoms with E-state index in [0.717, 1.165) is 5.69 Å². The molecule has 1 heterocycles. The molecule has 0 aliphatic heterocycles. The number of phenolic OH excluding ortho intramolecular Hbond substituents is 1. The van der Waals surface area contributed by atoms with Crippen molar-refractivity contribution in [2.45, 2.75) is 0 Å². The molecule has 0 aliphatic rings. The lowest BCUT2D eigenvalue weighted by Crippen LogP contribution is -2.12. The summed E-state index contributed by atoms with van der Waals surface area (Å²) in [6, 6.07) is 11.3. The van der Waals surface area contributed by atoms with E-state index >= 15 is 0 Å². The number of carbonyl (C=O) groups excluding carboxylic acids is 1. The number of halogens is 1. The van der Waals surface area contributed by atoms with Gasteiger partial charge in [0.1, 0.15) is 18.4 Å². The van der Waals surface area contributed by atoms with Gasteiger partial charge < -0.3 is 10.4 Å². The highest BCUT2D eigenvalue weighted by Crippen LogP contribution is 2.22.